The topological polar surface area (TPSA) is 120 Å². The van der Waals surface area contributed by atoms with Gasteiger partial charge < -0.3 is 20.3 Å². The summed E-state index contributed by atoms with van der Waals surface area (Å²) in [6, 6.07) is 14.0. The van der Waals surface area contributed by atoms with Crippen LogP contribution in [0.3, 0.4) is 0 Å². The number of hydrogen-bond donors (Lipinski definition) is 5. The Labute approximate surface area is 244 Å². The predicted octanol–water partition coefficient (Wildman–Crippen LogP) is 4.46. The molecule has 0 spiro atoms. The number of carboxylic acid groups (broad SMARTS) is 2. The maximum absolute atomic E-state index is 10.5. The molecule has 0 aliphatic carbocycles. The van der Waals surface area contributed by atoms with Crippen LogP contribution in [0.5, 0.6) is 0 Å². The van der Waals surface area contributed by atoms with Gasteiger partial charge >= 0.3 is 11.9 Å². The third kappa shape index (κ3) is 15.6. The summed E-state index contributed by atoms with van der Waals surface area (Å²) in [5.74, 6) is 5.45. The number of carboxylic acids is 2. The van der Waals surface area contributed by atoms with E-state index in [1.54, 1.807) is 0 Å². The Kier molecular flexibility index (Phi) is 18.9. The second-order valence-electron chi connectivity index (χ2n) is 8.54. The average Bonchev–Trinajstić information content (AvgIpc) is 3.50. The third-order valence-electron chi connectivity index (χ3n) is 5.60. The van der Waals surface area contributed by atoms with Crippen LogP contribution in [0.15, 0.2) is 48.5 Å². The number of carbonyl (C=O) groups is 2. The van der Waals surface area contributed by atoms with E-state index in [-0.39, 0.29) is 11.1 Å². The quantitative estimate of drug-likeness (QED) is 0.338. The summed E-state index contributed by atoms with van der Waals surface area (Å²) in [6.07, 6.45) is 2.65. The zero-order valence-electron chi connectivity index (χ0n) is 22.4. The highest BCUT2D eigenvalue weighted by atomic mass is 32.2. The number of aromatic carboxylic acids is 2. The molecule has 0 unspecified atom stereocenters. The Morgan fingerprint density at radius 3 is 1.33 bits per heavy atom. The van der Waals surface area contributed by atoms with Gasteiger partial charge in [-0.15, -0.1) is 0 Å². The molecule has 11 heteroatoms. The van der Waals surface area contributed by atoms with Gasteiger partial charge in [0.05, 0.1) is 24.3 Å². The molecule has 3 fully saturated rings. The Bertz CT molecular complexity index is 836. The van der Waals surface area contributed by atoms with E-state index in [1.165, 1.54) is 82.8 Å². The molecule has 0 saturated carbocycles. The maximum atomic E-state index is 10.5. The number of hydrogen-bond acceptors (Lipinski definition) is 9. The first kappa shape index (κ1) is 33.5. The molecule has 39 heavy (non-hydrogen) atoms. The number of nitrogens with one attached hydrogen (secondary N) is 3. The van der Waals surface area contributed by atoms with Crippen LogP contribution in [0.2, 0.25) is 0 Å². The van der Waals surface area contributed by atoms with Gasteiger partial charge in [-0.25, -0.2) is 9.59 Å². The Balaban J connectivity index is 0.000000176. The summed E-state index contributed by atoms with van der Waals surface area (Å²) in [5, 5.41) is 20.4. The number of fused-ring (bicyclic) bond motifs is 1. The van der Waals surface area contributed by atoms with Gasteiger partial charge in [0, 0.05) is 60.7 Å². The maximum Gasteiger partial charge on any atom is 0.336 e. The van der Waals surface area contributed by atoms with Crippen molar-refractivity contribution in [1.29, 1.82) is 0 Å². The predicted molar refractivity (Wildman–Crippen MR) is 165 cm³/mol. The lowest BCUT2D eigenvalue weighted by Gasteiger charge is -2.10. The monoisotopic (exact) mass is 595 g/mol. The molecule has 4 aliphatic rings. The lowest BCUT2D eigenvalue weighted by molar-refractivity contribution is 0.0651. The van der Waals surface area contributed by atoms with Crippen molar-refractivity contribution in [3.8, 4) is 0 Å². The smallest absolute Gasteiger partial charge is 0.336 e. The van der Waals surface area contributed by atoms with Crippen molar-refractivity contribution in [3.63, 3.8) is 0 Å². The van der Waals surface area contributed by atoms with Gasteiger partial charge in [0.15, 0.2) is 0 Å². The van der Waals surface area contributed by atoms with Crippen LogP contribution >= 0.6 is 35.3 Å². The van der Waals surface area contributed by atoms with Crippen molar-refractivity contribution >= 4 is 47.2 Å². The van der Waals surface area contributed by atoms with E-state index in [2.05, 4.69) is 64.0 Å². The Morgan fingerprint density at radius 1 is 0.641 bits per heavy atom. The van der Waals surface area contributed by atoms with Gasteiger partial charge in [-0.3, -0.25) is 10.9 Å². The lowest BCUT2D eigenvalue weighted by Crippen LogP contribution is -2.37. The molecule has 0 atom stereocenters. The van der Waals surface area contributed by atoms with Crippen LogP contribution < -0.4 is 16.2 Å². The number of ether oxygens (including phenoxy) is 1. The first-order valence-electron chi connectivity index (χ1n) is 13.2. The molecule has 6 rings (SSSR count). The van der Waals surface area contributed by atoms with Crippen molar-refractivity contribution in [1.82, 2.24) is 16.2 Å². The molecule has 0 amide bonds. The van der Waals surface area contributed by atoms with Crippen LogP contribution in [0.25, 0.3) is 0 Å². The molecule has 0 bridgehead atoms. The van der Waals surface area contributed by atoms with E-state index in [1.807, 2.05) is 11.8 Å². The number of thioether (sulfide) groups is 3. The van der Waals surface area contributed by atoms with Gasteiger partial charge in [-0.1, -0.05) is 36.4 Å². The highest BCUT2D eigenvalue weighted by Gasteiger charge is 2.13. The van der Waals surface area contributed by atoms with Crippen molar-refractivity contribution in [3.05, 3.63) is 70.8 Å². The highest BCUT2D eigenvalue weighted by molar-refractivity contribution is 8.06. The summed E-state index contributed by atoms with van der Waals surface area (Å²) >= 11 is 6.12. The molecular weight excluding hydrogens is 555 g/mol. The van der Waals surface area contributed by atoms with Crippen molar-refractivity contribution in [2.75, 3.05) is 60.8 Å². The fourth-order valence-corrected chi connectivity index (χ4v) is 6.54. The van der Waals surface area contributed by atoms with Gasteiger partial charge in [0.1, 0.15) is 0 Å². The zero-order chi connectivity index (χ0) is 28.0. The second-order valence-corrected chi connectivity index (χ2v) is 12.2. The molecular formula is C28H41N3O5S3. The summed E-state index contributed by atoms with van der Waals surface area (Å²) in [5.41, 5.74) is 8.60. The lowest BCUT2D eigenvalue weighted by atomic mass is 10.1. The summed E-state index contributed by atoms with van der Waals surface area (Å²) in [4.78, 5) is 20.9. The van der Waals surface area contributed by atoms with E-state index >= 15 is 0 Å². The van der Waals surface area contributed by atoms with E-state index in [4.69, 9.17) is 14.9 Å². The van der Waals surface area contributed by atoms with Crippen molar-refractivity contribution < 1.29 is 24.5 Å². The van der Waals surface area contributed by atoms with E-state index < -0.39 is 11.9 Å². The van der Waals surface area contributed by atoms with Crippen LogP contribution in [-0.2, 0) is 17.8 Å². The first-order valence-corrected chi connectivity index (χ1v) is 16.7. The zero-order valence-corrected chi connectivity index (χ0v) is 24.8. The second kappa shape index (κ2) is 22.0. The first-order chi connectivity index (χ1) is 19.1. The van der Waals surface area contributed by atoms with E-state index in [0.29, 0.717) is 0 Å². The SMILES string of the molecule is C1CCNNC1.C1CSCCO1.C1CSCCS1.O=C(O)c1ccccc1C(=O)O.c1ccc2c(c1)CNC2. The van der Waals surface area contributed by atoms with Crippen molar-refractivity contribution in [2.45, 2.75) is 25.9 Å². The fourth-order valence-electron chi connectivity index (χ4n) is 3.57. The highest BCUT2D eigenvalue weighted by Crippen LogP contribution is 2.15. The van der Waals surface area contributed by atoms with Crippen LogP contribution in [0.4, 0.5) is 0 Å². The van der Waals surface area contributed by atoms with Gasteiger partial charge in [0.2, 0.25) is 0 Å². The molecule has 0 radical (unpaired) electrons. The van der Waals surface area contributed by atoms with Gasteiger partial charge in [-0.2, -0.15) is 35.3 Å². The minimum absolute atomic E-state index is 0.190. The standard InChI is InChI=1S/C8H9N.C8H6O4.C4H10N2.C4H8OS.C4H8S2/c1-2-4-8-6-9-5-7(8)3-1;9-7(10)5-3-1-2-4-6(5)8(11)12;1-2-4-6-5-3-1;1-3-6-4-2-5-1;1-2-6-4-3-5-1/h1-4,9H,5-6H2;1-4H,(H,9,10)(H,11,12);5-6H,1-4H2;2*1-4H2. The minimum Gasteiger partial charge on any atom is -0.478 e. The number of benzene rings is 2. The summed E-state index contributed by atoms with van der Waals surface area (Å²) in [7, 11) is 0. The fraction of sp³-hybridized carbons (Fsp3) is 0.500. The average molecular weight is 596 g/mol. The van der Waals surface area contributed by atoms with Crippen molar-refractivity contribution in [2.24, 2.45) is 0 Å². The molecule has 2 aromatic carbocycles. The molecule has 4 aliphatic heterocycles. The summed E-state index contributed by atoms with van der Waals surface area (Å²) in [6.45, 7) is 6.31. The van der Waals surface area contributed by atoms with Gasteiger partial charge in [-0.05, 0) is 36.1 Å². The Hall–Kier alpha value is -1.73. The van der Waals surface area contributed by atoms with E-state index in [0.717, 1.165) is 39.4 Å². The molecule has 4 heterocycles. The van der Waals surface area contributed by atoms with Gasteiger partial charge in [0.25, 0.3) is 0 Å². The molecule has 3 saturated heterocycles. The molecule has 2 aromatic rings. The third-order valence-corrected chi connectivity index (χ3v) is 9.00. The van der Waals surface area contributed by atoms with Crippen LogP contribution in [0, 0.1) is 0 Å². The molecule has 0 aromatic heterocycles. The largest absolute Gasteiger partial charge is 0.478 e. The molecule has 216 valence electrons. The molecule has 8 nitrogen and oxygen atoms in total. The summed E-state index contributed by atoms with van der Waals surface area (Å²) < 4.78 is 5.05. The van der Waals surface area contributed by atoms with Crippen LogP contribution in [-0.4, -0.2) is 83.0 Å². The van der Waals surface area contributed by atoms with E-state index in [9.17, 15) is 9.59 Å². The Morgan fingerprint density at radius 2 is 1.05 bits per heavy atom. The normalized spacial score (nSPS) is 17.5. The number of rotatable bonds is 2. The minimum atomic E-state index is -1.23. The van der Waals surface area contributed by atoms with Crippen LogP contribution in [0.1, 0.15) is 44.7 Å². The number of hydrazine groups is 1. The molecule has 5 N–H and O–H groups in total.